The average Bonchev–Trinajstić information content (AvgIpc) is 1.66. The van der Waals surface area contributed by atoms with E-state index in [9.17, 15) is 0 Å². The Labute approximate surface area is 60.0 Å². The summed E-state index contributed by atoms with van der Waals surface area (Å²) in [4.78, 5) is 33.9. The van der Waals surface area contributed by atoms with Gasteiger partial charge in [-0.05, 0) is 0 Å². The van der Waals surface area contributed by atoms with Crippen molar-refractivity contribution in [3.8, 4) is 0 Å². The van der Waals surface area contributed by atoms with Crippen LogP contribution in [0.2, 0.25) is 0 Å². The predicted molar refractivity (Wildman–Crippen MR) is 26.6 cm³/mol. The second-order valence-corrected chi connectivity index (χ2v) is 1.34. The van der Waals surface area contributed by atoms with Gasteiger partial charge in [0.15, 0.2) is 0 Å². The molecule has 62 valence electrons. The summed E-state index contributed by atoms with van der Waals surface area (Å²) in [6.07, 6.45) is 0. The van der Waals surface area contributed by atoms with Crippen molar-refractivity contribution in [1.29, 1.82) is 0 Å². The van der Waals surface area contributed by atoms with E-state index in [2.05, 4.69) is 0 Å². The van der Waals surface area contributed by atoms with E-state index in [-0.39, 0.29) is 0 Å². The fourth-order valence-corrected chi connectivity index (χ4v) is 0. The minimum absolute atomic E-state index is 2.00. The Morgan fingerprint density at radius 3 is 0.800 bits per heavy atom. The van der Waals surface area contributed by atoms with Gasteiger partial charge < -0.3 is 19.6 Å². The first-order valence-electron chi connectivity index (χ1n) is 2.10. The van der Waals surface area contributed by atoms with Crippen molar-refractivity contribution in [1.82, 2.24) is 0 Å². The van der Waals surface area contributed by atoms with E-state index in [1.54, 1.807) is 0 Å². The van der Waals surface area contributed by atoms with Crippen LogP contribution >= 0.6 is 16.5 Å². The maximum absolute atomic E-state index is 8.48. The molecule has 8 heteroatoms. The van der Waals surface area contributed by atoms with Crippen molar-refractivity contribution in [3.63, 3.8) is 0 Å². The lowest BCUT2D eigenvalue weighted by molar-refractivity contribution is -0.298. The maximum atomic E-state index is 8.48. The molecule has 0 rings (SSSR count). The third kappa shape index (κ3) is 249000. The highest BCUT2D eigenvalue weighted by atomic mass is 31.1. The molecule has 0 aromatic rings. The highest BCUT2D eigenvalue weighted by Gasteiger charge is 1.53. The summed E-state index contributed by atoms with van der Waals surface area (Å²) in [6, 6.07) is 0. The fourth-order valence-electron chi connectivity index (χ4n) is 0. The molecule has 0 aliphatic rings. The van der Waals surface area contributed by atoms with Crippen LogP contribution in [0.5, 0.6) is 0 Å². The molecule has 0 bridgehead atoms. The zero-order valence-electron chi connectivity index (χ0n) is 5.34. The minimum Gasteiger partial charge on any atom is -0.598 e. The van der Waals surface area contributed by atoms with Crippen molar-refractivity contribution in [2.24, 2.45) is 0 Å². The van der Waals surface area contributed by atoms with Gasteiger partial charge in [-0.2, -0.15) is 0 Å². The summed E-state index contributed by atoms with van der Waals surface area (Å²) < 4.78 is 17.0. The Kier molecular flexibility index (Phi) is 26.5. The molecule has 0 N–H and O–H groups in total. The van der Waals surface area contributed by atoms with Crippen LogP contribution in [0.25, 0.3) is 0 Å². The molecule has 0 atom stereocenters. The van der Waals surface area contributed by atoms with E-state index in [0.717, 1.165) is 0 Å². The van der Waals surface area contributed by atoms with Crippen LogP contribution in [0.1, 0.15) is 13.8 Å². The largest absolute Gasteiger partial charge is 0.598 e. The lowest BCUT2D eigenvalue weighted by Gasteiger charge is -1.75. The molecule has 0 amide bonds. The minimum atomic E-state index is -3.37. The van der Waals surface area contributed by atoms with Gasteiger partial charge in [-0.15, -0.1) is 0 Å². The van der Waals surface area contributed by atoms with Crippen LogP contribution < -0.4 is 19.6 Å². The van der Waals surface area contributed by atoms with Crippen molar-refractivity contribution in [2.45, 2.75) is 13.8 Å². The standard InChI is InChI=1S/C2H6.2HO3P/c1-2;2*1-4(2)3/h1-2H3;2*(H,1,2,3)/p-2. The van der Waals surface area contributed by atoms with Crippen molar-refractivity contribution in [2.75, 3.05) is 0 Å². The van der Waals surface area contributed by atoms with Crippen LogP contribution in [-0.4, -0.2) is 0 Å². The van der Waals surface area contributed by atoms with Gasteiger partial charge in [0.1, 0.15) is 0 Å². The molecule has 10 heavy (non-hydrogen) atoms. The molecular formula is C2H6O6P2-2. The van der Waals surface area contributed by atoms with Crippen LogP contribution in [0.15, 0.2) is 0 Å². The Balaban J connectivity index is -0.0000000787. The summed E-state index contributed by atoms with van der Waals surface area (Å²) in [5.41, 5.74) is 0. The average molecular weight is 188 g/mol. The Morgan fingerprint density at radius 1 is 0.800 bits per heavy atom. The van der Waals surface area contributed by atoms with Gasteiger partial charge in [0.25, 0.3) is 16.5 Å². The summed E-state index contributed by atoms with van der Waals surface area (Å²) in [5.74, 6) is 0. The molecule has 0 heterocycles. The number of rotatable bonds is 0. The lowest BCUT2D eigenvalue weighted by Crippen LogP contribution is -1.97. The SMILES string of the molecule is CC.O=[P+]([O-])[O-].O=[P+]([O-])[O-]. The molecule has 0 radical (unpaired) electrons. The molecule has 6 nitrogen and oxygen atoms in total. The van der Waals surface area contributed by atoms with Crippen LogP contribution in [0, 0.1) is 0 Å². The van der Waals surface area contributed by atoms with E-state index >= 15 is 0 Å². The second-order valence-electron chi connectivity index (χ2n) is 0.447. The van der Waals surface area contributed by atoms with Gasteiger partial charge in [-0.1, -0.05) is 23.0 Å². The monoisotopic (exact) mass is 188 g/mol. The summed E-state index contributed by atoms with van der Waals surface area (Å²) in [5, 5.41) is 0. The van der Waals surface area contributed by atoms with Gasteiger partial charge in [0, 0.05) is 0 Å². The van der Waals surface area contributed by atoms with E-state index in [0.29, 0.717) is 0 Å². The molecular weight excluding hydrogens is 182 g/mol. The molecule has 0 saturated heterocycles. The predicted octanol–water partition coefficient (Wildman–Crippen LogP) is -2.24. The Morgan fingerprint density at radius 2 is 0.800 bits per heavy atom. The summed E-state index contributed by atoms with van der Waals surface area (Å²) in [6.45, 7) is 4.00. The first-order valence-corrected chi connectivity index (χ1v) is 4.29. The maximum Gasteiger partial charge on any atom is 0.276 e. The first kappa shape index (κ1) is 16.6. The van der Waals surface area contributed by atoms with Crippen LogP contribution in [0.3, 0.4) is 0 Å². The fraction of sp³-hybridized carbons (Fsp3) is 1.00. The van der Waals surface area contributed by atoms with Gasteiger partial charge in [-0.3, -0.25) is 0 Å². The molecule has 0 unspecified atom stereocenters. The van der Waals surface area contributed by atoms with E-state index in [1.807, 2.05) is 13.8 Å². The van der Waals surface area contributed by atoms with E-state index in [1.165, 1.54) is 0 Å². The molecule has 0 aliphatic carbocycles. The topological polar surface area (TPSA) is 126 Å². The van der Waals surface area contributed by atoms with Gasteiger partial charge in [-0.25, -0.2) is 0 Å². The molecule has 0 fully saturated rings. The molecule has 0 spiro atoms. The zero-order chi connectivity index (χ0) is 9.15. The van der Waals surface area contributed by atoms with Gasteiger partial charge >= 0.3 is 0 Å². The zero-order valence-corrected chi connectivity index (χ0v) is 7.13. The van der Waals surface area contributed by atoms with Crippen molar-refractivity contribution < 1.29 is 28.7 Å². The number of hydrogen-bond acceptors (Lipinski definition) is 6. The Hall–Kier alpha value is 0.0400. The van der Waals surface area contributed by atoms with E-state index < -0.39 is 16.5 Å². The van der Waals surface area contributed by atoms with Crippen LogP contribution in [0.4, 0.5) is 0 Å². The quantitative estimate of drug-likeness (QED) is 0.395. The highest BCUT2D eigenvalue weighted by Crippen LogP contribution is 1.80. The Bertz CT molecular complexity index is 71.7. The van der Waals surface area contributed by atoms with Crippen molar-refractivity contribution in [3.05, 3.63) is 0 Å². The second kappa shape index (κ2) is 16.0. The molecule has 0 aromatic heterocycles. The smallest absolute Gasteiger partial charge is 0.276 e. The van der Waals surface area contributed by atoms with Crippen LogP contribution in [-0.2, 0) is 9.13 Å². The molecule has 0 aliphatic heterocycles. The normalized spacial score (nSPS) is 5.80. The van der Waals surface area contributed by atoms with Crippen molar-refractivity contribution >= 4 is 16.5 Å². The third-order valence-corrected chi connectivity index (χ3v) is 0. The summed E-state index contributed by atoms with van der Waals surface area (Å²) in [7, 11) is -6.74. The lowest BCUT2D eigenvalue weighted by atomic mass is 11.0. The summed E-state index contributed by atoms with van der Waals surface area (Å²) >= 11 is 0. The molecule has 0 aromatic carbocycles. The van der Waals surface area contributed by atoms with Gasteiger partial charge in [0.05, 0.1) is 0 Å². The van der Waals surface area contributed by atoms with Gasteiger partial charge in [0.2, 0.25) is 0 Å². The van der Waals surface area contributed by atoms with E-state index in [4.69, 9.17) is 28.7 Å². The molecule has 0 saturated carbocycles. The first-order chi connectivity index (χ1) is 4.46. The third-order valence-electron chi connectivity index (χ3n) is 0. The highest BCUT2D eigenvalue weighted by molar-refractivity contribution is 7.27. The number of hydrogen-bond donors (Lipinski definition) is 0.